The van der Waals surface area contributed by atoms with E-state index in [1.165, 1.54) is 24.5 Å². The first-order valence-electron chi connectivity index (χ1n) is 6.33. The molecule has 2 rings (SSSR count). The van der Waals surface area contributed by atoms with Crippen LogP contribution in [-0.2, 0) is 9.53 Å². The maximum absolute atomic E-state index is 11.8. The zero-order valence-electron chi connectivity index (χ0n) is 11.9. The smallest absolute Gasteiger partial charge is 0.342 e. The Labute approximate surface area is 135 Å². The number of hydrogen-bond donors (Lipinski definition) is 1. The Morgan fingerprint density at radius 2 is 2.13 bits per heavy atom. The average Bonchev–Trinajstić information content (AvgIpc) is 2.92. The van der Waals surface area contributed by atoms with Crippen molar-refractivity contribution in [2.24, 2.45) is 0 Å². The molecule has 0 unspecified atom stereocenters. The number of furan rings is 1. The maximum atomic E-state index is 11.8. The molecule has 9 heteroatoms. The van der Waals surface area contributed by atoms with Crippen molar-refractivity contribution in [3.8, 4) is 0 Å². The molecular formula is C14H11ClN2O6. The molecule has 0 atom stereocenters. The van der Waals surface area contributed by atoms with E-state index in [1.54, 1.807) is 6.92 Å². The highest BCUT2D eigenvalue weighted by Gasteiger charge is 2.18. The van der Waals surface area contributed by atoms with Crippen LogP contribution >= 0.6 is 11.6 Å². The second kappa shape index (κ2) is 6.93. The molecule has 0 radical (unpaired) electrons. The predicted octanol–water partition coefficient (Wildman–Crippen LogP) is 2.95. The summed E-state index contributed by atoms with van der Waals surface area (Å²) in [5, 5.41) is 13.4. The van der Waals surface area contributed by atoms with E-state index >= 15 is 0 Å². The Kier molecular flexibility index (Phi) is 4.97. The predicted molar refractivity (Wildman–Crippen MR) is 80.5 cm³/mol. The summed E-state index contributed by atoms with van der Waals surface area (Å²) in [5.74, 6) is -1.08. The topological polar surface area (TPSA) is 112 Å². The summed E-state index contributed by atoms with van der Waals surface area (Å²) < 4.78 is 9.77. The summed E-state index contributed by atoms with van der Waals surface area (Å²) in [5.41, 5.74) is -0.196. The number of esters is 1. The van der Waals surface area contributed by atoms with Crippen molar-refractivity contribution in [3.05, 3.63) is 57.0 Å². The largest absolute Gasteiger partial charge is 0.469 e. The number of carbonyl (C=O) groups is 2. The van der Waals surface area contributed by atoms with E-state index < -0.39 is 23.4 Å². The lowest BCUT2D eigenvalue weighted by Crippen LogP contribution is -2.21. The Morgan fingerprint density at radius 1 is 1.39 bits per heavy atom. The van der Waals surface area contributed by atoms with Gasteiger partial charge in [-0.05, 0) is 25.1 Å². The lowest BCUT2D eigenvalue weighted by molar-refractivity contribution is -0.383. The van der Waals surface area contributed by atoms with Gasteiger partial charge in [-0.1, -0.05) is 11.6 Å². The minimum absolute atomic E-state index is 0.0417. The van der Waals surface area contributed by atoms with Gasteiger partial charge >= 0.3 is 5.97 Å². The van der Waals surface area contributed by atoms with Crippen LogP contribution in [0.2, 0.25) is 5.02 Å². The maximum Gasteiger partial charge on any atom is 0.342 e. The summed E-state index contributed by atoms with van der Waals surface area (Å²) in [6.07, 6.45) is 1.32. The third-order valence-corrected chi connectivity index (χ3v) is 3.08. The molecule has 0 fully saturated rings. The number of nitro groups is 1. The van der Waals surface area contributed by atoms with Gasteiger partial charge in [-0.3, -0.25) is 14.9 Å². The number of anilines is 1. The number of amides is 1. The number of ether oxygens (including phenoxy) is 1. The molecule has 0 bridgehead atoms. The second-order valence-corrected chi connectivity index (χ2v) is 4.87. The molecule has 1 N–H and O–H groups in total. The molecule has 2 aromatic rings. The summed E-state index contributed by atoms with van der Waals surface area (Å²) in [4.78, 5) is 33.7. The fourth-order valence-electron chi connectivity index (χ4n) is 1.75. The van der Waals surface area contributed by atoms with Crippen LogP contribution in [0.15, 0.2) is 34.9 Å². The van der Waals surface area contributed by atoms with Crippen LogP contribution in [0.4, 0.5) is 11.4 Å². The standard InChI is InChI=1S/C14H11ClN2O6/c1-8-10(4-5-22-8)14(19)23-7-13(18)16-11-3-2-9(15)6-12(11)17(20)21/h2-6H,7H2,1H3,(H,16,18). The molecule has 1 aromatic carbocycles. The minimum atomic E-state index is -0.725. The van der Waals surface area contributed by atoms with Crippen molar-refractivity contribution in [2.75, 3.05) is 11.9 Å². The quantitative estimate of drug-likeness (QED) is 0.509. The van der Waals surface area contributed by atoms with E-state index in [4.69, 9.17) is 20.8 Å². The van der Waals surface area contributed by atoms with Crippen LogP contribution < -0.4 is 5.32 Å². The summed E-state index contributed by atoms with van der Waals surface area (Å²) in [6, 6.07) is 5.21. The van der Waals surface area contributed by atoms with Crippen molar-refractivity contribution >= 4 is 34.9 Å². The van der Waals surface area contributed by atoms with Gasteiger partial charge in [0.25, 0.3) is 11.6 Å². The van der Waals surface area contributed by atoms with Gasteiger partial charge < -0.3 is 14.5 Å². The van der Waals surface area contributed by atoms with Crippen LogP contribution in [0, 0.1) is 17.0 Å². The second-order valence-electron chi connectivity index (χ2n) is 4.43. The highest BCUT2D eigenvalue weighted by atomic mass is 35.5. The SMILES string of the molecule is Cc1occc1C(=O)OCC(=O)Nc1ccc(Cl)cc1[N+](=O)[O-]. The Balaban J connectivity index is 1.99. The van der Waals surface area contributed by atoms with Gasteiger partial charge in [0.15, 0.2) is 6.61 Å². The molecule has 23 heavy (non-hydrogen) atoms. The number of hydrogen-bond acceptors (Lipinski definition) is 6. The van der Waals surface area contributed by atoms with Crippen LogP contribution in [0.3, 0.4) is 0 Å². The fraction of sp³-hybridized carbons (Fsp3) is 0.143. The number of carbonyl (C=O) groups excluding carboxylic acids is 2. The number of benzene rings is 1. The molecule has 0 saturated carbocycles. The van der Waals surface area contributed by atoms with Gasteiger partial charge in [-0.15, -0.1) is 0 Å². The van der Waals surface area contributed by atoms with E-state index in [0.29, 0.717) is 5.76 Å². The number of nitro benzene ring substituents is 1. The first-order chi connectivity index (χ1) is 10.9. The van der Waals surface area contributed by atoms with E-state index in [-0.39, 0.29) is 22.0 Å². The minimum Gasteiger partial charge on any atom is -0.469 e. The highest BCUT2D eigenvalue weighted by Crippen LogP contribution is 2.27. The average molecular weight is 339 g/mol. The van der Waals surface area contributed by atoms with Gasteiger partial charge in [-0.25, -0.2) is 4.79 Å². The monoisotopic (exact) mass is 338 g/mol. The number of aryl methyl sites for hydroxylation is 1. The van der Waals surface area contributed by atoms with Crippen molar-refractivity contribution in [1.29, 1.82) is 0 Å². The van der Waals surface area contributed by atoms with Crippen molar-refractivity contribution < 1.29 is 23.7 Å². The van der Waals surface area contributed by atoms with Gasteiger partial charge in [-0.2, -0.15) is 0 Å². The lowest BCUT2D eigenvalue weighted by Gasteiger charge is -2.07. The highest BCUT2D eigenvalue weighted by molar-refractivity contribution is 6.31. The van der Waals surface area contributed by atoms with Crippen LogP contribution in [0.25, 0.3) is 0 Å². The van der Waals surface area contributed by atoms with E-state index in [0.717, 1.165) is 6.07 Å². The van der Waals surface area contributed by atoms with Gasteiger partial charge in [0.2, 0.25) is 0 Å². The Morgan fingerprint density at radius 3 is 2.74 bits per heavy atom. The first kappa shape index (κ1) is 16.5. The molecule has 1 aromatic heterocycles. The third kappa shape index (κ3) is 4.07. The number of nitrogens with zero attached hydrogens (tertiary/aromatic N) is 1. The Hall–Kier alpha value is -2.87. The lowest BCUT2D eigenvalue weighted by atomic mass is 10.2. The first-order valence-corrected chi connectivity index (χ1v) is 6.71. The van der Waals surface area contributed by atoms with Crippen LogP contribution in [-0.4, -0.2) is 23.4 Å². The zero-order valence-corrected chi connectivity index (χ0v) is 12.6. The van der Waals surface area contributed by atoms with Crippen molar-refractivity contribution in [2.45, 2.75) is 6.92 Å². The molecule has 0 aliphatic heterocycles. The third-order valence-electron chi connectivity index (χ3n) is 2.84. The van der Waals surface area contributed by atoms with Crippen LogP contribution in [0.1, 0.15) is 16.1 Å². The normalized spacial score (nSPS) is 10.2. The van der Waals surface area contributed by atoms with Crippen molar-refractivity contribution in [1.82, 2.24) is 0 Å². The molecule has 1 heterocycles. The van der Waals surface area contributed by atoms with E-state index in [9.17, 15) is 19.7 Å². The molecule has 8 nitrogen and oxygen atoms in total. The number of nitrogens with one attached hydrogen (secondary N) is 1. The molecular weight excluding hydrogens is 328 g/mol. The number of rotatable bonds is 5. The zero-order chi connectivity index (χ0) is 17.0. The van der Waals surface area contributed by atoms with Crippen molar-refractivity contribution in [3.63, 3.8) is 0 Å². The molecule has 0 saturated heterocycles. The van der Waals surface area contributed by atoms with E-state index in [1.807, 2.05) is 0 Å². The summed E-state index contributed by atoms with van der Waals surface area (Å²) in [6.45, 7) is 0.983. The molecule has 0 aliphatic carbocycles. The van der Waals surface area contributed by atoms with Crippen LogP contribution in [0.5, 0.6) is 0 Å². The molecule has 0 aliphatic rings. The summed E-state index contributed by atoms with van der Waals surface area (Å²) >= 11 is 5.68. The van der Waals surface area contributed by atoms with E-state index in [2.05, 4.69) is 5.32 Å². The van der Waals surface area contributed by atoms with Gasteiger partial charge in [0, 0.05) is 11.1 Å². The molecule has 1 amide bonds. The van der Waals surface area contributed by atoms with Gasteiger partial charge in [0.1, 0.15) is 17.0 Å². The van der Waals surface area contributed by atoms with Gasteiger partial charge in [0.05, 0.1) is 11.2 Å². The summed E-state index contributed by atoms with van der Waals surface area (Å²) in [7, 11) is 0. The fourth-order valence-corrected chi connectivity index (χ4v) is 1.92. The number of halogens is 1. The molecule has 120 valence electrons. The Bertz CT molecular complexity index is 770. The molecule has 0 spiro atoms.